The number of para-hydroxylation sites is 1. The summed E-state index contributed by atoms with van der Waals surface area (Å²) >= 11 is 0. The van der Waals surface area contributed by atoms with Crippen molar-refractivity contribution in [3.63, 3.8) is 0 Å². The Hall–Kier alpha value is -4.89. The third-order valence-electron chi connectivity index (χ3n) is 5.23. The zero-order valence-electron chi connectivity index (χ0n) is 17.2. The molecule has 0 saturated heterocycles. The summed E-state index contributed by atoms with van der Waals surface area (Å²) in [6.07, 6.45) is 3.24. The number of carbonyl (C=O) groups is 1. The standard InChI is InChI=1S/C27H16N2O4/c28-15-21-13-19(10-11-24(21)32-22-4-2-12-29-16-22)23-5-1-3-20-14-25(33-26(20)23)17-6-8-18(9-7-17)27(30)31/h1-14,16H,(H,30,31). The van der Waals surface area contributed by atoms with Gasteiger partial charge in [0, 0.05) is 22.7 Å². The van der Waals surface area contributed by atoms with Gasteiger partial charge < -0.3 is 14.3 Å². The van der Waals surface area contributed by atoms with Gasteiger partial charge in [0.2, 0.25) is 0 Å². The molecule has 6 heteroatoms. The van der Waals surface area contributed by atoms with E-state index in [4.69, 9.17) is 14.3 Å². The molecule has 3 aromatic carbocycles. The number of rotatable bonds is 5. The number of aromatic carboxylic acids is 1. The number of carboxylic acids is 1. The molecule has 2 heterocycles. The number of nitriles is 1. The van der Waals surface area contributed by atoms with E-state index in [1.54, 1.807) is 60.9 Å². The average molecular weight is 432 g/mol. The van der Waals surface area contributed by atoms with Gasteiger partial charge >= 0.3 is 5.97 Å². The molecule has 5 rings (SSSR count). The molecule has 2 aromatic heterocycles. The van der Waals surface area contributed by atoms with Gasteiger partial charge in [0.25, 0.3) is 0 Å². The molecule has 0 amide bonds. The molecule has 0 aliphatic carbocycles. The fourth-order valence-electron chi connectivity index (χ4n) is 3.62. The smallest absolute Gasteiger partial charge is 0.335 e. The zero-order chi connectivity index (χ0) is 22.8. The van der Waals surface area contributed by atoms with Crippen LogP contribution in [0.4, 0.5) is 0 Å². The summed E-state index contributed by atoms with van der Waals surface area (Å²) in [6.45, 7) is 0. The molecular weight excluding hydrogens is 416 g/mol. The lowest BCUT2D eigenvalue weighted by Crippen LogP contribution is -1.94. The van der Waals surface area contributed by atoms with Gasteiger partial charge in [-0.15, -0.1) is 0 Å². The van der Waals surface area contributed by atoms with Gasteiger partial charge in [-0.2, -0.15) is 5.26 Å². The summed E-state index contributed by atoms with van der Waals surface area (Å²) in [7, 11) is 0. The van der Waals surface area contributed by atoms with Crippen LogP contribution in [0.5, 0.6) is 11.5 Å². The maximum absolute atomic E-state index is 11.1. The minimum absolute atomic E-state index is 0.216. The third-order valence-corrected chi connectivity index (χ3v) is 5.23. The molecule has 0 aliphatic heterocycles. The highest BCUT2D eigenvalue weighted by molar-refractivity contribution is 5.95. The molecule has 0 spiro atoms. The number of furan rings is 1. The molecule has 0 atom stereocenters. The van der Waals surface area contributed by atoms with Crippen molar-refractivity contribution in [2.24, 2.45) is 0 Å². The third kappa shape index (κ3) is 3.91. The molecular formula is C27H16N2O4. The molecule has 0 fully saturated rings. The zero-order valence-corrected chi connectivity index (χ0v) is 17.2. The summed E-state index contributed by atoms with van der Waals surface area (Å²) in [5.74, 6) is 0.651. The highest BCUT2D eigenvalue weighted by atomic mass is 16.5. The molecule has 0 aliphatic rings. The lowest BCUT2D eigenvalue weighted by molar-refractivity contribution is 0.0697. The molecule has 158 valence electrons. The maximum Gasteiger partial charge on any atom is 0.335 e. The van der Waals surface area contributed by atoms with Crippen LogP contribution in [0.3, 0.4) is 0 Å². The maximum atomic E-state index is 11.1. The quantitative estimate of drug-likeness (QED) is 0.339. The van der Waals surface area contributed by atoms with E-state index in [0.29, 0.717) is 28.4 Å². The SMILES string of the molecule is N#Cc1cc(-c2cccc3cc(-c4ccc(C(=O)O)cc4)oc23)ccc1Oc1cccnc1. The lowest BCUT2D eigenvalue weighted by Gasteiger charge is -2.09. The number of hydrogen-bond donors (Lipinski definition) is 1. The highest BCUT2D eigenvalue weighted by Gasteiger charge is 2.14. The van der Waals surface area contributed by atoms with Crippen LogP contribution < -0.4 is 4.74 Å². The molecule has 0 saturated carbocycles. The number of carboxylic acid groups (broad SMARTS) is 1. The summed E-state index contributed by atoms with van der Waals surface area (Å²) in [5.41, 5.74) is 3.72. The first-order valence-corrected chi connectivity index (χ1v) is 10.1. The van der Waals surface area contributed by atoms with Gasteiger partial charge in [-0.05, 0) is 48.0 Å². The Kier molecular flexibility index (Phi) is 5.06. The number of aromatic nitrogens is 1. The number of pyridine rings is 1. The van der Waals surface area contributed by atoms with Crippen LogP contribution in [0.2, 0.25) is 0 Å². The Morgan fingerprint density at radius 1 is 0.970 bits per heavy atom. The first kappa shape index (κ1) is 20.0. The number of ether oxygens (including phenoxy) is 1. The summed E-state index contributed by atoms with van der Waals surface area (Å²) < 4.78 is 12.0. The van der Waals surface area contributed by atoms with Gasteiger partial charge in [-0.1, -0.05) is 36.4 Å². The van der Waals surface area contributed by atoms with Gasteiger partial charge in [0.15, 0.2) is 0 Å². The fraction of sp³-hybridized carbons (Fsp3) is 0. The van der Waals surface area contributed by atoms with E-state index in [2.05, 4.69) is 11.1 Å². The average Bonchev–Trinajstić information content (AvgIpc) is 3.29. The Bertz CT molecular complexity index is 1510. The van der Waals surface area contributed by atoms with E-state index in [9.17, 15) is 10.1 Å². The van der Waals surface area contributed by atoms with E-state index in [1.807, 2.05) is 30.3 Å². The van der Waals surface area contributed by atoms with Crippen molar-refractivity contribution >= 4 is 16.9 Å². The number of nitrogens with zero attached hydrogens (tertiary/aromatic N) is 2. The monoisotopic (exact) mass is 432 g/mol. The van der Waals surface area contributed by atoms with E-state index in [1.165, 1.54) is 0 Å². The molecule has 1 N–H and O–H groups in total. The van der Waals surface area contributed by atoms with Crippen molar-refractivity contribution in [1.82, 2.24) is 4.98 Å². The number of hydrogen-bond acceptors (Lipinski definition) is 5. The van der Waals surface area contributed by atoms with Crippen molar-refractivity contribution in [3.8, 4) is 40.0 Å². The topological polar surface area (TPSA) is 96.4 Å². The van der Waals surface area contributed by atoms with Crippen molar-refractivity contribution in [2.75, 3.05) is 0 Å². The normalized spacial score (nSPS) is 10.6. The minimum atomic E-state index is -0.974. The van der Waals surface area contributed by atoms with Gasteiger partial charge in [-0.3, -0.25) is 4.98 Å². The predicted octanol–water partition coefficient (Wildman–Crippen LogP) is 6.52. The van der Waals surface area contributed by atoms with Crippen molar-refractivity contribution < 1.29 is 19.1 Å². The van der Waals surface area contributed by atoms with Crippen LogP contribution in [-0.2, 0) is 0 Å². The molecule has 33 heavy (non-hydrogen) atoms. The Morgan fingerprint density at radius 2 is 1.79 bits per heavy atom. The highest BCUT2D eigenvalue weighted by Crippen LogP contribution is 2.36. The first-order valence-electron chi connectivity index (χ1n) is 10.1. The second-order valence-corrected chi connectivity index (χ2v) is 7.33. The molecule has 0 bridgehead atoms. The number of fused-ring (bicyclic) bond motifs is 1. The van der Waals surface area contributed by atoms with Crippen molar-refractivity contribution in [1.29, 1.82) is 5.26 Å². The van der Waals surface area contributed by atoms with Gasteiger partial charge in [-0.25, -0.2) is 4.79 Å². The van der Waals surface area contributed by atoms with E-state index < -0.39 is 5.97 Å². The van der Waals surface area contributed by atoms with Crippen molar-refractivity contribution in [3.05, 3.63) is 102 Å². The summed E-state index contributed by atoms with van der Waals surface area (Å²) in [5, 5.41) is 19.7. The Labute approximate surface area is 188 Å². The fourth-order valence-corrected chi connectivity index (χ4v) is 3.62. The minimum Gasteiger partial charge on any atom is -0.478 e. The predicted molar refractivity (Wildman–Crippen MR) is 123 cm³/mol. The second kappa shape index (κ2) is 8.33. The largest absolute Gasteiger partial charge is 0.478 e. The van der Waals surface area contributed by atoms with Gasteiger partial charge in [0.05, 0.1) is 17.3 Å². The second-order valence-electron chi connectivity index (χ2n) is 7.33. The molecule has 0 unspecified atom stereocenters. The number of benzene rings is 3. The lowest BCUT2D eigenvalue weighted by atomic mass is 10.0. The van der Waals surface area contributed by atoms with Crippen LogP contribution in [0.15, 0.2) is 95.7 Å². The van der Waals surface area contributed by atoms with Crippen LogP contribution >= 0.6 is 0 Å². The van der Waals surface area contributed by atoms with Gasteiger partial charge in [0.1, 0.15) is 28.9 Å². The summed E-state index contributed by atoms with van der Waals surface area (Å²) in [4.78, 5) is 15.1. The van der Waals surface area contributed by atoms with Crippen LogP contribution in [0.25, 0.3) is 33.4 Å². The van der Waals surface area contributed by atoms with Crippen LogP contribution in [0, 0.1) is 11.3 Å². The molecule has 0 radical (unpaired) electrons. The molecule has 5 aromatic rings. The van der Waals surface area contributed by atoms with E-state index in [-0.39, 0.29) is 5.56 Å². The van der Waals surface area contributed by atoms with E-state index in [0.717, 1.165) is 22.1 Å². The van der Waals surface area contributed by atoms with Crippen molar-refractivity contribution in [2.45, 2.75) is 0 Å². The molecule has 6 nitrogen and oxygen atoms in total. The van der Waals surface area contributed by atoms with E-state index >= 15 is 0 Å². The first-order chi connectivity index (χ1) is 16.1. The van der Waals surface area contributed by atoms with Crippen LogP contribution in [-0.4, -0.2) is 16.1 Å². The Morgan fingerprint density at radius 3 is 2.52 bits per heavy atom. The Balaban J connectivity index is 1.53. The van der Waals surface area contributed by atoms with Crippen LogP contribution in [0.1, 0.15) is 15.9 Å². The summed E-state index contributed by atoms with van der Waals surface area (Å²) in [6, 6.07) is 25.4.